The van der Waals surface area contributed by atoms with Crippen molar-refractivity contribution < 1.29 is 4.79 Å². The number of amides is 1. The fourth-order valence-corrected chi connectivity index (χ4v) is 2.74. The molecule has 0 aromatic heterocycles. The molecule has 68 valence electrons. The summed E-state index contributed by atoms with van der Waals surface area (Å²) in [7, 11) is 0. The first kappa shape index (κ1) is 8.36. The van der Waals surface area contributed by atoms with Crippen LogP contribution in [0.25, 0.3) is 0 Å². The highest BCUT2D eigenvalue weighted by atomic mass is 35.5. The van der Waals surface area contributed by atoms with Crippen LogP contribution in [-0.4, -0.2) is 17.8 Å². The molecule has 2 saturated carbocycles. The molecule has 2 rings (SSSR count). The lowest BCUT2D eigenvalue weighted by molar-refractivity contribution is -0.119. The summed E-state index contributed by atoms with van der Waals surface area (Å²) in [4.78, 5) is 11.0. The first-order valence-electron chi connectivity index (χ1n) is 4.65. The highest BCUT2D eigenvalue weighted by molar-refractivity contribution is 6.27. The summed E-state index contributed by atoms with van der Waals surface area (Å²) in [6.45, 7) is 0. The summed E-state index contributed by atoms with van der Waals surface area (Å²) in [5.74, 6) is 1.74. The minimum absolute atomic E-state index is 0.00535. The summed E-state index contributed by atoms with van der Waals surface area (Å²) in [5.41, 5.74) is 0. The van der Waals surface area contributed by atoms with Crippen molar-refractivity contribution in [3.63, 3.8) is 0 Å². The minimum atomic E-state index is -0.00535. The Hall–Kier alpha value is -0.240. The average molecular weight is 188 g/mol. The van der Waals surface area contributed by atoms with Gasteiger partial charge in [0.1, 0.15) is 5.88 Å². The standard InChI is InChI=1S/C9H14ClNO/c10-5-9(12)11-8-4-6-1-2-7(8)3-6/h6-8H,1-5H2,(H,11,12)/t6-,7-,8+/m1/s1. The van der Waals surface area contributed by atoms with Gasteiger partial charge in [-0.3, -0.25) is 4.79 Å². The predicted octanol–water partition coefficient (Wildman–Crippen LogP) is 1.53. The lowest BCUT2D eigenvalue weighted by Crippen LogP contribution is -2.39. The van der Waals surface area contributed by atoms with Crippen molar-refractivity contribution in [3.05, 3.63) is 0 Å². The topological polar surface area (TPSA) is 29.1 Å². The molecule has 2 fully saturated rings. The van der Waals surface area contributed by atoms with Gasteiger partial charge in [-0.05, 0) is 31.1 Å². The number of halogens is 1. The quantitative estimate of drug-likeness (QED) is 0.653. The molecule has 0 heterocycles. The fourth-order valence-electron chi connectivity index (χ4n) is 2.67. The van der Waals surface area contributed by atoms with E-state index in [1.165, 1.54) is 25.7 Å². The van der Waals surface area contributed by atoms with E-state index in [9.17, 15) is 4.79 Å². The summed E-state index contributed by atoms with van der Waals surface area (Å²) < 4.78 is 0. The van der Waals surface area contributed by atoms with E-state index in [4.69, 9.17) is 11.6 Å². The van der Waals surface area contributed by atoms with Gasteiger partial charge in [0, 0.05) is 6.04 Å². The second-order valence-electron chi connectivity index (χ2n) is 3.98. The Morgan fingerprint density at radius 3 is 2.75 bits per heavy atom. The van der Waals surface area contributed by atoms with Crippen molar-refractivity contribution in [1.82, 2.24) is 5.32 Å². The zero-order valence-corrected chi connectivity index (χ0v) is 7.81. The third kappa shape index (κ3) is 1.45. The summed E-state index contributed by atoms with van der Waals surface area (Å²) in [5, 5.41) is 2.99. The Bertz CT molecular complexity index is 195. The maximum atomic E-state index is 11.0. The Morgan fingerprint density at radius 1 is 1.42 bits per heavy atom. The maximum absolute atomic E-state index is 11.0. The predicted molar refractivity (Wildman–Crippen MR) is 48.1 cm³/mol. The van der Waals surface area contributed by atoms with Gasteiger partial charge in [0.25, 0.3) is 0 Å². The van der Waals surface area contributed by atoms with Gasteiger partial charge in [0.05, 0.1) is 0 Å². The molecule has 3 heteroatoms. The Morgan fingerprint density at radius 2 is 2.25 bits per heavy atom. The first-order chi connectivity index (χ1) is 5.79. The number of fused-ring (bicyclic) bond motifs is 2. The van der Waals surface area contributed by atoms with E-state index < -0.39 is 0 Å². The second kappa shape index (κ2) is 3.25. The van der Waals surface area contributed by atoms with Gasteiger partial charge >= 0.3 is 0 Å². The molecule has 2 aliphatic carbocycles. The number of hydrogen-bond donors (Lipinski definition) is 1. The molecule has 2 nitrogen and oxygen atoms in total. The number of carbonyl (C=O) groups is 1. The molecule has 1 N–H and O–H groups in total. The number of nitrogens with one attached hydrogen (secondary N) is 1. The molecular formula is C9H14ClNO. The molecular weight excluding hydrogens is 174 g/mol. The Balaban J connectivity index is 1.86. The van der Waals surface area contributed by atoms with Crippen LogP contribution in [0.5, 0.6) is 0 Å². The van der Waals surface area contributed by atoms with E-state index in [1.807, 2.05) is 0 Å². The minimum Gasteiger partial charge on any atom is -0.352 e. The Kier molecular flexibility index (Phi) is 2.26. The molecule has 0 radical (unpaired) electrons. The van der Waals surface area contributed by atoms with E-state index in [0.29, 0.717) is 6.04 Å². The summed E-state index contributed by atoms with van der Waals surface area (Å²) in [6, 6.07) is 0.440. The monoisotopic (exact) mass is 187 g/mol. The van der Waals surface area contributed by atoms with Crippen molar-refractivity contribution >= 4 is 17.5 Å². The van der Waals surface area contributed by atoms with Crippen LogP contribution < -0.4 is 5.32 Å². The lowest BCUT2D eigenvalue weighted by atomic mass is 9.95. The first-order valence-corrected chi connectivity index (χ1v) is 5.18. The van der Waals surface area contributed by atoms with Crippen molar-refractivity contribution in [2.24, 2.45) is 11.8 Å². The zero-order valence-electron chi connectivity index (χ0n) is 7.05. The van der Waals surface area contributed by atoms with E-state index in [-0.39, 0.29) is 11.8 Å². The van der Waals surface area contributed by atoms with Gasteiger partial charge in [-0.25, -0.2) is 0 Å². The maximum Gasteiger partial charge on any atom is 0.235 e. The van der Waals surface area contributed by atoms with Crippen LogP contribution in [0.2, 0.25) is 0 Å². The number of alkyl halides is 1. The third-order valence-electron chi connectivity index (χ3n) is 3.21. The third-order valence-corrected chi connectivity index (χ3v) is 3.45. The van der Waals surface area contributed by atoms with Gasteiger partial charge in [-0.2, -0.15) is 0 Å². The molecule has 2 aliphatic rings. The molecule has 3 atom stereocenters. The number of rotatable bonds is 2. The smallest absolute Gasteiger partial charge is 0.235 e. The van der Waals surface area contributed by atoms with E-state index >= 15 is 0 Å². The van der Waals surface area contributed by atoms with Crippen molar-refractivity contribution in [2.45, 2.75) is 31.7 Å². The molecule has 0 aromatic rings. The van der Waals surface area contributed by atoms with Crippen molar-refractivity contribution in [1.29, 1.82) is 0 Å². The van der Waals surface area contributed by atoms with Gasteiger partial charge in [0.2, 0.25) is 5.91 Å². The molecule has 1 amide bonds. The van der Waals surface area contributed by atoms with Crippen LogP contribution >= 0.6 is 11.6 Å². The number of hydrogen-bond acceptors (Lipinski definition) is 1. The van der Waals surface area contributed by atoms with Gasteiger partial charge in [0.15, 0.2) is 0 Å². The zero-order chi connectivity index (χ0) is 8.55. The molecule has 0 aliphatic heterocycles. The van der Waals surface area contributed by atoms with Gasteiger partial charge in [-0.1, -0.05) is 6.42 Å². The molecule has 0 aromatic carbocycles. The fraction of sp³-hybridized carbons (Fsp3) is 0.889. The normalized spacial score (nSPS) is 38.6. The number of carbonyl (C=O) groups excluding carboxylic acids is 1. The highest BCUT2D eigenvalue weighted by Gasteiger charge is 2.39. The van der Waals surface area contributed by atoms with Crippen LogP contribution in [-0.2, 0) is 4.79 Å². The molecule has 0 saturated heterocycles. The van der Waals surface area contributed by atoms with Gasteiger partial charge in [-0.15, -0.1) is 11.6 Å². The highest BCUT2D eigenvalue weighted by Crippen LogP contribution is 2.44. The lowest BCUT2D eigenvalue weighted by Gasteiger charge is -2.22. The molecule has 2 bridgehead atoms. The van der Waals surface area contributed by atoms with Crippen molar-refractivity contribution in [3.8, 4) is 0 Å². The van der Waals surface area contributed by atoms with Crippen LogP contribution in [0.3, 0.4) is 0 Å². The van der Waals surface area contributed by atoms with Crippen molar-refractivity contribution in [2.75, 3.05) is 5.88 Å². The molecule has 0 spiro atoms. The van der Waals surface area contributed by atoms with Gasteiger partial charge < -0.3 is 5.32 Å². The van der Waals surface area contributed by atoms with Crippen LogP contribution in [0.1, 0.15) is 25.7 Å². The van der Waals surface area contributed by atoms with E-state index in [0.717, 1.165) is 11.8 Å². The van der Waals surface area contributed by atoms with Crippen LogP contribution in [0, 0.1) is 11.8 Å². The summed E-state index contributed by atoms with van der Waals surface area (Å²) in [6.07, 6.45) is 5.19. The SMILES string of the molecule is O=C(CCl)N[C@H]1C[C@@H]2CC[C@@H]1C2. The van der Waals surface area contributed by atoms with Crippen LogP contribution in [0.4, 0.5) is 0 Å². The summed E-state index contributed by atoms with van der Waals surface area (Å²) >= 11 is 5.42. The second-order valence-corrected chi connectivity index (χ2v) is 4.25. The molecule has 0 unspecified atom stereocenters. The van der Waals surface area contributed by atoms with E-state index in [1.54, 1.807) is 0 Å². The van der Waals surface area contributed by atoms with E-state index in [2.05, 4.69) is 5.32 Å². The average Bonchev–Trinajstić information content (AvgIpc) is 2.64. The van der Waals surface area contributed by atoms with Crippen LogP contribution in [0.15, 0.2) is 0 Å². The molecule has 12 heavy (non-hydrogen) atoms. The largest absolute Gasteiger partial charge is 0.352 e. The Labute approximate surface area is 77.7 Å².